The Bertz CT molecular complexity index is 597. The van der Waals surface area contributed by atoms with Crippen LogP contribution in [0.5, 0.6) is 0 Å². The van der Waals surface area contributed by atoms with Crippen molar-refractivity contribution in [1.82, 2.24) is 19.6 Å². The van der Waals surface area contributed by atoms with E-state index in [-0.39, 0.29) is 5.38 Å². The van der Waals surface area contributed by atoms with Gasteiger partial charge < -0.3 is 0 Å². The molecule has 0 aromatic carbocycles. The summed E-state index contributed by atoms with van der Waals surface area (Å²) in [5, 5.41) is 9.17. The van der Waals surface area contributed by atoms with E-state index in [4.69, 9.17) is 11.6 Å². The number of hydrogen-bond donors (Lipinski definition) is 0. The Morgan fingerprint density at radius 3 is 2.50 bits per heavy atom. The molecule has 0 spiro atoms. The van der Waals surface area contributed by atoms with Crippen LogP contribution in [-0.2, 0) is 20.0 Å². The third-order valence-corrected chi connectivity index (χ3v) is 4.34. The van der Waals surface area contributed by atoms with Crippen LogP contribution in [0.1, 0.15) is 54.0 Å². The molecule has 0 radical (unpaired) electrons. The van der Waals surface area contributed by atoms with Gasteiger partial charge in [-0.1, -0.05) is 13.8 Å². The highest BCUT2D eigenvalue weighted by Crippen LogP contribution is 2.29. The van der Waals surface area contributed by atoms with Crippen LogP contribution >= 0.6 is 11.6 Å². The molecule has 1 atom stereocenters. The largest absolute Gasteiger partial charge is 0.270 e. The summed E-state index contributed by atoms with van der Waals surface area (Å²) >= 11 is 6.40. The quantitative estimate of drug-likeness (QED) is 0.791. The molecule has 2 rings (SSSR count). The van der Waals surface area contributed by atoms with Crippen LogP contribution in [0.2, 0.25) is 0 Å². The van der Waals surface area contributed by atoms with E-state index in [0.717, 1.165) is 36.5 Å². The Morgan fingerprint density at radius 2 is 1.95 bits per heavy atom. The monoisotopic (exact) mass is 294 g/mol. The van der Waals surface area contributed by atoms with Crippen LogP contribution in [-0.4, -0.2) is 19.6 Å². The van der Waals surface area contributed by atoms with Crippen LogP contribution in [0.3, 0.4) is 0 Å². The van der Waals surface area contributed by atoms with Gasteiger partial charge in [-0.05, 0) is 32.8 Å². The number of nitrogens with zero attached hydrogens (tertiary/aromatic N) is 4. The average Bonchev–Trinajstić information content (AvgIpc) is 2.91. The van der Waals surface area contributed by atoms with Crippen LogP contribution in [0, 0.1) is 13.8 Å². The first-order valence-corrected chi connectivity index (χ1v) is 7.61. The normalized spacial score (nSPS) is 12.9. The Kier molecular flexibility index (Phi) is 4.53. The molecule has 0 aliphatic heterocycles. The molecule has 110 valence electrons. The van der Waals surface area contributed by atoms with Crippen molar-refractivity contribution < 1.29 is 0 Å². The summed E-state index contributed by atoms with van der Waals surface area (Å²) in [5.41, 5.74) is 5.65. The smallest absolute Gasteiger partial charge is 0.0831 e. The van der Waals surface area contributed by atoms with E-state index in [0.29, 0.717) is 0 Å². The predicted molar refractivity (Wildman–Crippen MR) is 82.3 cm³/mol. The van der Waals surface area contributed by atoms with Crippen molar-refractivity contribution in [2.75, 3.05) is 0 Å². The fourth-order valence-electron chi connectivity index (χ4n) is 2.57. The molecule has 0 bridgehead atoms. The lowest BCUT2D eigenvalue weighted by Gasteiger charge is -2.08. The van der Waals surface area contributed by atoms with E-state index in [1.54, 1.807) is 0 Å². The van der Waals surface area contributed by atoms with Gasteiger partial charge in [-0.3, -0.25) is 9.36 Å². The number of aryl methyl sites for hydroxylation is 3. The van der Waals surface area contributed by atoms with E-state index < -0.39 is 0 Å². The molecule has 0 amide bonds. The van der Waals surface area contributed by atoms with Gasteiger partial charge in [0.25, 0.3) is 0 Å². The lowest BCUT2D eigenvalue weighted by Crippen LogP contribution is -2.08. The maximum atomic E-state index is 6.40. The van der Waals surface area contributed by atoms with E-state index in [1.807, 2.05) is 23.3 Å². The highest BCUT2D eigenvalue weighted by molar-refractivity contribution is 6.20. The zero-order chi connectivity index (χ0) is 14.9. The first-order valence-electron chi connectivity index (χ1n) is 7.17. The van der Waals surface area contributed by atoms with Crippen molar-refractivity contribution in [2.24, 2.45) is 7.05 Å². The second kappa shape index (κ2) is 6.00. The van der Waals surface area contributed by atoms with Crippen molar-refractivity contribution in [3.8, 4) is 0 Å². The van der Waals surface area contributed by atoms with Crippen molar-refractivity contribution in [2.45, 2.75) is 52.5 Å². The third-order valence-electron chi connectivity index (χ3n) is 3.81. The standard InChI is InChI=1S/C15H23ClN4/c1-6-12-8-13(19(5)18-12)9-20-11(4)15(10(3)17-20)14(16)7-2/h8,14H,6-7,9H2,1-5H3. The highest BCUT2D eigenvalue weighted by atomic mass is 35.5. The molecular formula is C15H23ClN4. The number of halogens is 1. The second-order valence-electron chi connectivity index (χ2n) is 5.22. The second-order valence-corrected chi connectivity index (χ2v) is 5.75. The van der Waals surface area contributed by atoms with Crippen LogP contribution in [0.15, 0.2) is 6.07 Å². The molecule has 2 aromatic rings. The van der Waals surface area contributed by atoms with Gasteiger partial charge in [0.2, 0.25) is 0 Å². The minimum Gasteiger partial charge on any atom is -0.270 e. The molecule has 0 N–H and O–H groups in total. The Morgan fingerprint density at radius 1 is 1.25 bits per heavy atom. The number of hydrogen-bond acceptors (Lipinski definition) is 2. The van der Waals surface area contributed by atoms with Crippen LogP contribution in [0.25, 0.3) is 0 Å². The Hall–Kier alpha value is -1.29. The van der Waals surface area contributed by atoms with E-state index in [1.165, 1.54) is 11.3 Å². The van der Waals surface area contributed by atoms with Crippen LogP contribution in [0.4, 0.5) is 0 Å². The topological polar surface area (TPSA) is 35.6 Å². The van der Waals surface area contributed by atoms with Crippen molar-refractivity contribution >= 4 is 11.6 Å². The zero-order valence-electron chi connectivity index (χ0n) is 12.9. The molecule has 2 aromatic heterocycles. The van der Waals surface area contributed by atoms with Gasteiger partial charge in [0.1, 0.15) is 0 Å². The van der Waals surface area contributed by atoms with Gasteiger partial charge in [-0.25, -0.2) is 0 Å². The average molecular weight is 295 g/mol. The fraction of sp³-hybridized carbons (Fsp3) is 0.600. The highest BCUT2D eigenvalue weighted by Gasteiger charge is 2.18. The molecule has 0 saturated carbocycles. The lowest BCUT2D eigenvalue weighted by atomic mass is 10.1. The molecule has 0 aliphatic carbocycles. The summed E-state index contributed by atoms with van der Waals surface area (Å²) in [6.07, 6.45) is 1.87. The molecular weight excluding hydrogens is 272 g/mol. The first kappa shape index (κ1) is 15.1. The lowest BCUT2D eigenvalue weighted by molar-refractivity contribution is 0.602. The molecule has 2 heterocycles. The van der Waals surface area contributed by atoms with E-state index in [9.17, 15) is 0 Å². The van der Waals surface area contributed by atoms with Crippen molar-refractivity contribution in [3.63, 3.8) is 0 Å². The van der Waals surface area contributed by atoms with Crippen LogP contribution < -0.4 is 0 Å². The van der Waals surface area contributed by atoms with E-state index in [2.05, 4.69) is 37.0 Å². The number of alkyl halides is 1. The van der Waals surface area contributed by atoms with Gasteiger partial charge in [0, 0.05) is 18.3 Å². The van der Waals surface area contributed by atoms with Gasteiger partial charge in [0.05, 0.1) is 29.0 Å². The van der Waals surface area contributed by atoms with Crippen molar-refractivity contribution in [3.05, 3.63) is 34.4 Å². The summed E-state index contributed by atoms with van der Waals surface area (Å²) in [6.45, 7) is 9.08. The molecule has 5 heteroatoms. The third kappa shape index (κ3) is 2.75. The predicted octanol–water partition coefficient (Wildman–Crippen LogP) is 3.53. The molecule has 1 unspecified atom stereocenters. The SMILES string of the molecule is CCc1cc(Cn2nc(C)c(C(Cl)CC)c2C)n(C)n1. The number of rotatable bonds is 5. The summed E-state index contributed by atoms with van der Waals surface area (Å²) < 4.78 is 3.97. The van der Waals surface area contributed by atoms with Crippen molar-refractivity contribution in [1.29, 1.82) is 0 Å². The summed E-state index contributed by atoms with van der Waals surface area (Å²) in [5.74, 6) is 0. The zero-order valence-corrected chi connectivity index (χ0v) is 13.7. The van der Waals surface area contributed by atoms with Gasteiger partial charge in [-0.2, -0.15) is 10.2 Å². The number of aromatic nitrogens is 4. The molecule has 0 fully saturated rings. The maximum Gasteiger partial charge on any atom is 0.0831 e. The first-order chi connectivity index (χ1) is 9.47. The molecule has 0 aliphatic rings. The minimum atomic E-state index is 0.0430. The Labute approximate surface area is 125 Å². The summed E-state index contributed by atoms with van der Waals surface area (Å²) in [7, 11) is 1.98. The molecule has 4 nitrogen and oxygen atoms in total. The van der Waals surface area contributed by atoms with Gasteiger partial charge >= 0.3 is 0 Å². The van der Waals surface area contributed by atoms with Gasteiger partial charge in [0.15, 0.2) is 0 Å². The fourth-order valence-corrected chi connectivity index (χ4v) is 2.88. The maximum absolute atomic E-state index is 6.40. The van der Waals surface area contributed by atoms with Gasteiger partial charge in [-0.15, -0.1) is 11.6 Å². The molecule has 0 saturated heterocycles. The summed E-state index contributed by atoms with van der Waals surface area (Å²) in [6, 6.07) is 2.15. The molecule has 20 heavy (non-hydrogen) atoms. The van der Waals surface area contributed by atoms with E-state index >= 15 is 0 Å². The minimum absolute atomic E-state index is 0.0430. The Balaban J connectivity index is 2.32. The summed E-state index contributed by atoms with van der Waals surface area (Å²) in [4.78, 5) is 0.